The summed E-state index contributed by atoms with van der Waals surface area (Å²) in [6.45, 7) is 3.36. The molecule has 1 fully saturated rings. The fourth-order valence-electron chi connectivity index (χ4n) is 3.87. The molecule has 2 amide bonds. The molecule has 2 aliphatic rings. The van der Waals surface area contributed by atoms with Crippen LogP contribution in [0.5, 0.6) is 11.5 Å². The number of carbonyl (C=O) groups is 2. The minimum atomic E-state index is -4.55. The molecule has 2 aliphatic heterocycles. The van der Waals surface area contributed by atoms with Crippen LogP contribution >= 0.6 is 11.6 Å². The van der Waals surface area contributed by atoms with E-state index >= 15 is 0 Å². The van der Waals surface area contributed by atoms with Gasteiger partial charge in [0.25, 0.3) is 5.91 Å². The van der Waals surface area contributed by atoms with E-state index in [0.29, 0.717) is 37.7 Å². The van der Waals surface area contributed by atoms with Gasteiger partial charge in [-0.25, -0.2) is 0 Å². The first-order chi connectivity index (χ1) is 16.1. The van der Waals surface area contributed by atoms with E-state index < -0.39 is 29.8 Å². The van der Waals surface area contributed by atoms with E-state index in [-0.39, 0.29) is 23.2 Å². The molecule has 2 aromatic rings. The van der Waals surface area contributed by atoms with E-state index in [1.165, 1.54) is 0 Å². The number of rotatable bonds is 4. The molecule has 7 nitrogen and oxygen atoms in total. The van der Waals surface area contributed by atoms with Crippen LogP contribution in [0.4, 0.5) is 18.9 Å². The number of para-hydroxylation sites is 2. The van der Waals surface area contributed by atoms with Gasteiger partial charge in [0.15, 0.2) is 11.5 Å². The topological polar surface area (TPSA) is 71.1 Å². The third-order valence-corrected chi connectivity index (χ3v) is 6.22. The van der Waals surface area contributed by atoms with Crippen molar-refractivity contribution in [3.8, 4) is 11.5 Å². The summed E-state index contributed by atoms with van der Waals surface area (Å²) in [5.41, 5.74) is -1.000. The standard InChI is InChI=1S/C23H23ClF3N3O4/c1-14(21(31)28-17-12-15(23(25,26)27)6-7-16(17)24)29-8-10-30(11-9-29)22(32)20-13-33-18-4-2-3-5-19(18)34-20/h2-7,12,14,20H,8-11,13H2,1H3,(H,28,31). The SMILES string of the molecule is CC(C(=O)Nc1cc(C(F)(F)F)ccc1Cl)N1CCN(C(=O)C2COc3ccccc3O2)CC1. The van der Waals surface area contributed by atoms with Gasteiger partial charge < -0.3 is 19.7 Å². The molecule has 2 aromatic carbocycles. The van der Waals surface area contributed by atoms with Gasteiger partial charge in [-0.3, -0.25) is 14.5 Å². The van der Waals surface area contributed by atoms with E-state index in [1.54, 1.807) is 30.0 Å². The van der Waals surface area contributed by atoms with Crippen LogP contribution in [0.3, 0.4) is 0 Å². The van der Waals surface area contributed by atoms with E-state index in [0.717, 1.165) is 18.2 Å². The van der Waals surface area contributed by atoms with Crippen molar-refractivity contribution in [2.24, 2.45) is 0 Å². The Morgan fingerprint density at radius 1 is 1.09 bits per heavy atom. The molecule has 2 atom stereocenters. The van der Waals surface area contributed by atoms with Crippen LogP contribution in [0.15, 0.2) is 42.5 Å². The lowest BCUT2D eigenvalue weighted by Crippen LogP contribution is -2.57. The third kappa shape index (κ3) is 5.23. The zero-order valence-electron chi connectivity index (χ0n) is 18.3. The van der Waals surface area contributed by atoms with Gasteiger partial charge in [0.05, 0.1) is 22.3 Å². The maximum absolute atomic E-state index is 13.0. The molecule has 0 aliphatic carbocycles. The van der Waals surface area contributed by atoms with Crippen LogP contribution in [0, 0.1) is 0 Å². The zero-order valence-corrected chi connectivity index (χ0v) is 19.0. The van der Waals surface area contributed by atoms with Crippen LogP contribution < -0.4 is 14.8 Å². The molecule has 0 bridgehead atoms. The maximum atomic E-state index is 13.0. The summed E-state index contributed by atoms with van der Waals surface area (Å²) in [7, 11) is 0. The lowest BCUT2D eigenvalue weighted by atomic mass is 10.1. The fraction of sp³-hybridized carbons (Fsp3) is 0.391. The van der Waals surface area contributed by atoms with Crippen LogP contribution in [0.1, 0.15) is 12.5 Å². The molecule has 4 rings (SSSR count). The molecule has 0 aromatic heterocycles. The average Bonchev–Trinajstić information content (AvgIpc) is 2.83. The monoisotopic (exact) mass is 497 g/mol. The number of halogens is 4. The predicted molar refractivity (Wildman–Crippen MR) is 119 cm³/mol. The van der Waals surface area contributed by atoms with Crippen molar-refractivity contribution in [1.82, 2.24) is 9.80 Å². The number of piperazine rings is 1. The Morgan fingerprint density at radius 2 is 1.76 bits per heavy atom. The molecule has 1 saturated heterocycles. The summed E-state index contributed by atoms with van der Waals surface area (Å²) in [6, 6.07) is 9.27. The van der Waals surface area contributed by atoms with Gasteiger partial charge in [-0.1, -0.05) is 23.7 Å². The van der Waals surface area contributed by atoms with Gasteiger partial charge in [0, 0.05) is 26.2 Å². The summed E-state index contributed by atoms with van der Waals surface area (Å²) in [5, 5.41) is 2.50. The predicted octanol–water partition coefficient (Wildman–Crippen LogP) is 3.67. The average molecular weight is 498 g/mol. The van der Waals surface area contributed by atoms with Crippen molar-refractivity contribution in [2.45, 2.75) is 25.2 Å². The van der Waals surface area contributed by atoms with Crippen LogP contribution in [-0.2, 0) is 15.8 Å². The van der Waals surface area contributed by atoms with Gasteiger partial charge in [0.2, 0.25) is 12.0 Å². The molecule has 2 heterocycles. The first kappa shape index (κ1) is 24.2. The number of nitrogens with zero attached hydrogens (tertiary/aromatic N) is 2. The van der Waals surface area contributed by atoms with Crippen molar-refractivity contribution < 1.29 is 32.2 Å². The van der Waals surface area contributed by atoms with Crippen molar-refractivity contribution in [1.29, 1.82) is 0 Å². The van der Waals surface area contributed by atoms with Crippen molar-refractivity contribution in [3.05, 3.63) is 53.1 Å². The third-order valence-electron chi connectivity index (χ3n) is 5.89. The van der Waals surface area contributed by atoms with E-state index in [9.17, 15) is 22.8 Å². The zero-order chi connectivity index (χ0) is 24.5. The Kier molecular flexibility index (Phi) is 6.90. The molecule has 182 valence electrons. The number of hydrogen-bond acceptors (Lipinski definition) is 5. The van der Waals surface area contributed by atoms with Gasteiger partial charge in [-0.05, 0) is 37.3 Å². The van der Waals surface area contributed by atoms with Crippen LogP contribution in [-0.4, -0.2) is 66.5 Å². The molecule has 0 spiro atoms. The first-order valence-electron chi connectivity index (χ1n) is 10.7. The lowest BCUT2D eigenvalue weighted by molar-refractivity contribution is -0.143. The largest absolute Gasteiger partial charge is 0.485 e. The van der Waals surface area contributed by atoms with E-state index in [1.807, 2.05) is 11.0 Å². The van der Waals surface area contributed by atoms with Gasteiger partial charge in [-0.15, -0.1) is 0 Å². The minimum absolute atomic E-state index is 0.0141. The number of nitrogens with one attached hydrogen (secondary N) is 1. The fourth-order valence-corrected chi connectivity index (χ4v) is 4.04. The smallest absolute Gasteiger partial charge is 0.416 e. The quantitative estimate of drug-likeness (QED) is 0.698. The normalized spacial score (nSPS) is 19.4. The molecule has 0 radical (unpaired) electrons. The molecule has 1 N–H and O–H groups in total. The maximum Gasteiger partial charge on any atom is 0.416 e. The molecular weight excluding hydrogens is 475 g/mol. The summed E-state index contributed by atoms with van der Waals surface area (Å²) < 4.78 is 50.4. The highest BCUT2D eigenvalue weighted by Gasteiger charge is 2.35. The van der Waals surface area contributed by atoms with Crippen molar-refractivity contribution in [3.63, 3.8) is 0 Å². The molecule has 11 heteroatoms. The number of benzene rings is 2. The Balaban J connectivity index is 1.32. The number of hydrogen-bond donors (Lipinski definition) is 1. The number of carbonyl (C=O) groups excluding carboxylic acids is 2. The Bertz CT molecular complexity index is 1070. The molecule has 2 unspecified atom stereocenters. The van der Waals surface area contributed by atoms with Gasteiger partial charge in [-0.2, -0.15) is 13.2 Å². The van der Waals surface area contributed by atoms with Crippen molar-refractivity contribution in [2.75, 3.05) is 38.1 Å². The molecular formula is C23H23ClF3N3O4. The summed E-state index contributed by atoms with van der Waals surface area (Å²) >= 11 is 5.98. The summed E-state index contributed by atoms with van der Waals surface area (Å²) in [5.74, 6) is 0.435. The number of fused-ring (bicyclic) bond motifs is 1. The van der Waals surface area contributed by atoms with Crippen molar-refractivity contribution >= 4 is 29.1 Å². The number of amides is 2. The molecule has 34 heavy (non-hydrogen) atoms. The second kappa shape index (κ2) is 9.71. The highest BCUT2D eigenvalue weighted by Crippen LogP contribution is 2.34. The van der Waals surface area contributed by atoms with E-state index in [2.05, 4.69) is 5.32 Å². The van der Waals surface area contributed by atoms with Gasteiger partial charge in [0.1, 0.15) is 6.61 Å². The second-order valence-corrected chi connectivity index (χ2v) is 8.49. The summed E-state index contributed by atoms with van der Waals surface area (Å²) in [6.07, 6.45) is -5.29. The highest BCUT2D eigenvalue weighted by molar-refractivity contribution is 6.33. The molecule has 0 saturated carbocycles. The number of ether oxygens (including phenoxy) is 2. The Morgan fingerprint density at radius 3 is 2.44 bits per heavy atom. The minimum Gasteiger partial charge on any atom is -0.485 e. The first-order valence-corrected chi connectivity index (χ1v) is 11.1. The van der Waals surface area contributed by atoms with Gasteiger partial charge >= 0.3 is 6.18 Å². The highest BCUT2D eigenvalue weighted by atomic mass is 35.5. The summed E-state index contributed by atoms with van der Waals surface area (Å²) in [4.78, 5) is 29.1. The van der Waals surface area contributed by atoms with Crippen LogP contribution in [0.25, 0.3) is 0 Å². The second-order valence-electron chi connectivity index (χ2n) is 8.08. The number of anilines is 1. The Labute approximate surface area is 199 Å². The lowest BCUT2D eigenvalue weighted by Gasteiger charge is -2.39. The number of alkyl halides is 3. The van der Waals surface area contributed by atoms with E-state index in [4.69, 9.17) is 21.1 Å². The van der Waals surface area contributed by atoms with Crippen LogP contribution in [0.2, 0.25) is 5.02 Å². The Hall–Kier alpha value is -2.98.